The number of aromatic amines is 1. The van der Waals surface area contributed by atoms with Gasteiger partial charge in [0.25, 0.3) is 0 Å². The molecule has 152 valence electrons. The minimum atomic E-state index is 0.256. The number of aryl methyl sites for hydroxylation is 2. The Morgan fingerprint density at radius 1 is 1.07 bits per heavy atom. The standard InChI is InChI=1S/C23H22N4O2S/c1-15-4-9-21(16(2)10-15)29-14-22-25-26-23(30)27(22)24-13-17-5-6-19-12-20(28-3)8-7-18(19)11-17/h4-13H,14H2,1-3H3,(H,26,30)/b24-13-. The van der Waals surface area contributed by atoms with E-state index in [-0.39, 0.29) is 6.61 Å². The lowest BCUT2D eigenvalue weighted by Gasteiger charge is -2.09. The summed E-state index contributed by atoms with van der Waals surface area (Å²) in [5.74, 6) is 2.25. The van der Waals surface area contributed by atoms with Crippen LogP contribution in [0.3, 0.4) is 0 Å². The predicted molar refractivity (Wildman–Crippen MR) is 121 cm³/mol. The van der Waals surface area contributed by atoms with Crippen molar-refractivity contribution in [3.8, 4) is 11.5 Å². The number of hydrogen-bond donors (Lipinski definition) is 1. The minimum Gasteiger partial charge on any atom is -0.497 e. The van der Waals surface area contributed by atoms with Gasteiger partial charge in [-0.1, -0.05) is 35.9 Å². The van der Waals surface area contributed by atoms with Gasteiger partial charge in [0.15, 0.2) is 5.82 Å². The van der Waals surface area contributed by atoms with E-state index in [1.165, 1.54) is 5.56 Å². The highest BCUT2D eigenvalue weighted by atomic mass is 32.1. The number of benzene rings is 3. The third-order valence-corrected chi connectivity index (χ3v) is 5.06. The largest absolute Gasteiger partial charge is 0.497 e. The summed E-state index contributed by atoms with van der Waals surface area (Å²) in [6, 6.07) is 18.1. The van der Waals surface area contributed by atoms with Crippen LogP contribution in [0.1, 0.15) is 22.5 Å². The molecule has 0 aliphatic rings. The average molecular weight is 419 g/mol. The van der Waals surface area contributed by atoms with Gasteiger partial charge in [0, 0.05) is 0 Å². The lowest BCUT2D eigenvalue weighted by molar-refractivity contribution is 0.288. The molecule has 0 saturated carbocycles. The minimum absolute atomic E-state index is 0.256. The molecule has 0 fully saturated rings. The number of hydrogen-bond acceptors (Lipinski definition) is 5. The summed E-state index contributed by atoms with van der Waals surface area (Å²) in [4.78, 5) is 0. The number of nitrogens with zero attached hydrogens (tertiary/aromatic N) is 3. The van der Waals surface area contributed by atoms with Gasteiger partial charge in [-0.15, -0.1) is 0 Å². The maximum Gasteiger partial charge on any atom is 0.216 e. The van der Waals surface area contributed by atoms with Crippen molar-refractivity contribution in [1.29, 1.82) is 0 Å². The zero-order valence-electron chi connectivity index (χ0n) is 17.0. The van der Waals surface area contributed by atoms with Crippen LogP contribution in [0.5, 0.6) is 11.5 Å². The molecule has 0 bridgehead atoms. The van der Waals surface area contributed by atoms with Gasteiger partial charge >= 0.3 is 0 Å². The quantitative estimate of drug-likeness (QED) is 0.346. The summed E-state index contributed by atoms with van der Waals surface area (Å²) >= 11 is 5.33. The van der Waals surface area contributed by atoms with Gasteiger partial charge < -0.3 is 9.47 Å². The Hall–Kier alpha value is -3.45. The van der Waals surface area contributed by atoms with Gasteiger partial charge in [-0.25, -0.2) is 5.10 Å². The molecule has 0 atom stereocenters. The number of ether oxygens (including phenoxy) is 2. The van der Waals surface area contributed by atoms with Gasteiger partial charge in [-0.05, 0) is 72.2 Å². The van der Waals surface area contributed by atoms with Crippen molar-refractivity contribution < 1.29 is 9.47 Å². The van der Waals surface area contributed by atoms with E-state index < -0.39 is 0 Å². The first-order valence-corrected chi connectivity index (χ1v) is 9.93. The van der Waals surface area contributed by atoms with Gasteiger partial charge in [0.1, 0.15) is 18.1 Å². The summed E-state index contributed by atoms with van der Waals surface area (Å²) in [5, 5.41) is 13.8. The van der Waals surface area contributed by atoms with Crippen LogP contribution in [-0.4, -0.2) is 28.2 Å². The summed E-state index contributed by atoms with van der Waals surface area (Å²) in [6.45, 7) is 4.33. The second-order valence-corrected chi connectivity index (χ2v) is 7.42. The number of aromatic nitrogens is 3. The maximum absolute atomic E-state index is 5.93. The summed E-state index contributed by atoms with van der Waals surface area (Å²) in [6.07, 6.45) is 1.76. The van der Waals surface area contributed by atoms with E-state index in [0.717, 1.165) is 33.4 Å². The van der Waals surface area contributed by atoms with Crippen LogP contribution in [0.15, 0.2) is 59.7 Å². The summed E-state index contributed by atoms with van der Waals surface area (Å²) in [7, 11) is 1.66. The Balaban J connectivity index is 1.54. The molecule has 0 radical (unpaired) electrons. The SMILES string of the molecule is COc1ccc2cc(/C=N\n3c(COc4ccc(C)cc4C)n[nH]c3=S)ccc2c1. The zero-order valence-corrected chi connectivity index (χ0v) is 17.9. The molecule has 0 spiro atoms. The van der Waals surface area contributed by atoms with Crippen LogP contribution in [0, 0.1) is 18.6 Å². The second-order valence-electron chi connectivity index (χ2n) is 7.03. The maximum atomic E-state index is 5.93. The van der Waals surface area contributed by atoms with Crippen LogP contribution >= 0.6 is 12.2 Å². The molecule has 0 saturated heterocycles. The van der Waals surface area contributed by atoms with E-state index in [1.54, 1.807) is 18.0 Å². The van der Waals surface area contributed by atoms with Crippen molar-refractivity contribution in [1.82, 2.24) is 14.9 Å². The highest BCUT2D eigenvalue weighted by molar-refractivity contribution is 7.71. The fourth-order valence-corrected chi connectivity index (χ4v) is 3.41. The van der Waals surface area contributed by atoms with E-state index >= 15 is 0 Å². The molecule has 1 heterocycles. The van der Waals surface area contributed by atoms with Crippen LogP contribution in [0.4, 0.5) is 0 Å². The van der Waals surface area contributed by atoms with Crippen LogP contribution < -0.4 is 9.47 Å². The lowest BCUT2D eigenvalue weighted by Crippen LogP contribution is -2.05. The molecule has 6 nitrogen and oxygen atoms in total. The van der Waals surface area contributed by atoms with Crippen molar-refractivity contribution in [2.75, 3.05) is 7.11 Å². The molecule has 4 rings (SSSR count). The molecule has 0 amide bonds. The highest BCUT2D eigenvalue weighted by Crippen LogP contribution is 2.22. The van der Waals surface area contributed by atoms with Crippen molar-refractivity contribution in [3.05, 3.63) is 81.9 Å². The molecule has 7 heteroatoms. The molecule has 0 aliphatic carbocycles. The Morgan fingerprint density at radius 2 is 1.87 bits per heavy atom. The Labute approximate surface area is 179 Å². The molecule has 0 aliphatic heterocycles. The van der Waals surface area contributed by atoms with Crippen LogP contribution in [0.25, 0.3) is 10.8 Å². The normalized spacial score (nSPS) is 11.3. The third kappa shape index (κ3) is 4.26. The predicted octanol–water partition coefficient (Wildman–Crippen LogP) is 5.18. The lowest BCUT2D eigenvalue weighted by atomic mass is 10.1. The molecular weight excluding hydrogens is 396 g/mol. The van der Waals surface area contributed by atoms with E-state index in [9.17, 15) is 0 Å². The number of H-pyrrole nitrogens is 1. The smallest absolute Gasteiger partial charge is 0.216 e. The molecule has 30 heavy (non-hydrogen) atoms. The van der Waals surface area contributed by atoms with Crippen molar-refractivity contribution in [2.45, 2.75) is 20.5 Å². The Bertz CT molecular complexity index is 1290. The fourth-order valence-electron chi connectivity index (χ4n) is 3.21. The van der Waals surface area contributed by atoms with Gasteiger partial charge in [0.05, 0.1) is 13.3 Å². The fraction of sp³-hybridized carbons (Fsp3) is 0.174. The molecule has 1 N–H and O–H groups in total. The van der Waals surface area contributed by atoms with Gasteiger partial charge in [0.2, 0.25) is 4.77 Å². The average Bonchev–Trinajstić information content (AvgIpc) is 3.10. The topological polar surface area (TPSA) is 64.4 Å². The number of fused-ring (bicyclic) bond motifs is 1. The first-order chi connectivity index (χ1) is 14.5. The first kappa shape index (κ1) is 19.8. The van der Waals surface area contributed by atoms with Gasteiger partial charge in [-0.3, -0.25) is 0 Å². The van der Waals surface area contributed by atoms with Gasteiger partial charge in [-0.2, -0.15) is 14.9 Å². The number of methoxy groups -OCH3 is 1. The van der Waals surface area contributed by atoms with Crippen molar-refractivity contribution >= 4 is 29.2 Å². The van der Waals surface area contributed by atoms with E-state index in [4.69, 9.17) is 21.7 Å². The van der Waals surface area contributed by atoms with Crippen LogP contribution in [-0.2, 0) is 6.61 Å². The van der Waals surface area contributed by atoms with Crippen LogP contribution in [0.2, 0.25) is 0 Å². The molecule has 0 unspecified atom stereocenters. The van der Waals surface area contributed by atoms with E-state index in [2.05, 4.69) is 34.4 Å². The number of rotatable bonds is 6. The van der Waals surface area contributed by atoms with Crippen molar-refractivity contribution in [3.63, 3.8) is 0 Å². The molecular formula is C23H22N4O2S. The zero-order chi connectivity index (χ0) is 21.1. The number of nitrogens with one attached hydrogen (secondary N) is 1. The third-order valence-electron chi connectivity index (χ3n) is 4.80. The molecule has 3 aromatic carbocycles. The molecule has 1 aromatic heterocycles. The summed E-state index contributed by atoms with van der Waals surface area (Å²) in [5.41, 5.74) is 3.23. The Morgan fingerprint density at radius 3 is 2.67 bits per heavy atom. The second kappa shape index (κ2) is 8.51. The molecule has 4 aromatic rings. The van der Waals surface area contributed by atoms with Crippen molar-refractivity contribution in [2.24, 2.45) is 5.10 Å². The Kier molecular flexibility index (Phi) is 5.63. The van der Waals surface area contributed by atoms with E-state index in [1.807, 2.05) is 49.4 Å². The monoisotopic (exact) mass is 418 g/mol. The van der Waals surface area contributed by atoms with E-state index in [0.29, 0.717) is 10.6 Å². The first-order valence-electron chi connectivity index (χ1n) is 9.52. The highest BCUT2D eigenvalue weighted by Gasteiger charge is 2.08. The summed E-state index contributed by atoms with van der Waals surface area (Å²) < 4.78 is 13.2.